The van der Waals surface area contributed by atoms with Gasteiger partial charge in [-0.1, -0.05) is 19.4 Å². The van der Waals surface area contributed by atoms with Crippen molar-refractivity contribution < 1.29 is 14.0 Å². The average Bonchev–Trinajstić information content (AvgIpc) is 3.09. The van der Waals surface area contributed by atoms with Gasteiger partial charge in [0.05, 0.1) is 6.26 Å². The number of hydrogen-bond donors (Lipinski definition) is 3. The van der Waals surface area contributed by atoms with Crippen LogP contribution in [0, 0.1) is 0 Å². The third-order valence-corrected chi connectivity index (χ3v) is 3.37. The summed E-state index contributed by atoms with van der Waals surface area (Å²) in [7, 11) is 0. The molecule has 0 aliphatic carbocycles. The third kappa shape index (κ3) is 5.20. The van der Waals surface area contributed by atoms with E-state index >= 15 is 0 Å². The second-order valence-electron chi connectivity index (χ2n) is 5.08. The quantitative estimate of drug-likeness (QED) is 0.554. The molecule has 126 valence electrons. The van der Waals surface area contributed by atoms with Gasteiger partial charge in [0.2, 0.25) is 0 Å². The summed E-state index contributed by atoms with van der Waals surface area (Å²) in [6, 6.07) is 10.1. The van der Waals surface area contributed by atoms with Gasteiger partial charge in [-0.05, 0) is 49.0 Å². The Morgan fingerprint density at radius 1 is 1.17 bits per heavy atom. The van der Waals surface area contributed by atoms with Crippen LogP contribution in [0.5, 0.6) is 0 Å². The molecule has 0 aliphatic heterocycles. The fourth-order valence-electron chi connectivity index (χ4n) is 1.95. The monoisotopic (exact) mass is 345 g/mol. The van der Waals surface area contributed by atoms with Crippen molar-refractivity contribution in [3.63, 3.8) is 0 Å². The van der Waals surface area contributed by atoms with Crippen molar-refractivity contribution in [1.82, 2.24) is 10.6 Å². The molecule has 6 nitrogen and oxygen atoms in total. The molecule has 0 saturated carbocycles. The number of anilines is 1. The minimum absolute atomic E-state index is 0.125. The van der Waals surface area contributed by atoms with Gasteiger partial charge in [-0.15, -0.1) is 0 Å². The molecule has 0 saturated heterocycles. The number of furan rings is 1. The number of unbranched alkanes of at least 4 members (excludes halogenated alkanes) is 1. The standard InChI is InChI=1S/C17H19N3O3S/c1-2-3-9-18-15(21)12-6-4-7-13(11-12)19-17(24)20-16(22)14-8-5-10-23-14/h4-8,10-11H,2-3,9H2,1H3,(H,18,21)(H2,19,20,22,24). The third-order valence-electron chi connectivity index (χ3n) is 3.17. The maximum absolute atomic E-state index is 12.0. The highest BCUT2D eigenvalue weighted by atomic mass is 32.1. The van der Waals surface area contributed by atoms with Crippen molar-refractivity contribution >= 4 is 34.8 Å². The Kier molecular flexibility index (Phi) is 6.51. The number of carbonyl (C=O) groups excluding carboxylic acids is 2. The van der Waals surface area contributed by atoms with E-state index in [4.69, 9.17) is 16.6 Å². The Balaban J connectivity index is 1.92. The van der Waals surface area contributed by atoms with Gasteiger partial charge in [0.1, 0.15) is 0 Å². The summed E-state index contributed by atoms with van der Waals surface area (Å²) in [5.41, 5.74) is 1.14. The summed E-state index contributed by atoms with van der Waals surface area (Å²) in [6.45, 7) is 2.71. The number of amides is 2. The molecular formula is C17H19N3O3S. The molecular weight excluding hydrogens is 326 g/mol. The molecule has 2 aromatic rings. The number of carbonyl (C=O) groups is 2. The van der Waals surface area contributed by atoms with E-state index in [0.29, 0.717) is 17.8 Å². The molecule has 0 atom stereocenters. The lowest BCUT2D eigenvalue weighted by Gasteiger charge is -2.10. The summed E-state index contributed by atoms with van der Waals surface area (Å²) >= 11 is 5.10. The van der Waals surface area contributed by atoms with Crippen molar-refractivity contribution in [2.75, 3.05) is 11.9 Å². The number of thiocarbonyl (C=S) groups is 1. The lowest BCUT2D eigenvalue weighted by molar-refractivity contribution is 0.0943. The normalized spacial score (nSPS) is 10.0. The van der Waals surface area contributed by atoms with Gasteiger partial charge in [0, 0.05) is 17.8 Å². The molecule has 0 bridgehead atoms. The molecule has 2 rings (SSSR count). The first-order valence-corrected chi connectivity index (χ1v) is 8.05. The maximum atomic E-state index is 12.0. The van der Waals surface area contributed by atoms with E-state index in [-0.39, 0.29) is 16.8 Å². The first kappa shape index (κ1) is 17.7. The van der Waals surface area contributed by atoms with Gasteiger partial charge < -0.3 is 15.1 Å². The van der Waals surface area contributed by atoms with E-state index in [1.807, 2.05) is 0 Å². The van der Waals surface area contributed by atoms with Crippen molar-refractivity contribution in [3.05, 3.63) is 54.0 Å². The van der Waals surface area contributed by atoms with Crippen LogP contribution in [0.15, 0.2) is 47.1 Å². The highest BCUT2D eigenvalue weighted by Crippen LogP contribution is 2.11. The summed E-state index contributed by atoms with van der Waals surface area (Å²) in [4.78, 5) is 23.9. The lowest BCUT2D eigenvalue weighted by Crippen LogP contribution is -2.34. The predicted molar refractivity (Wildman–Crippen MR) is 96.1 cm³/mol. The van der Waals surface area contributed by atoms with Crippen LogP contribution in [0.2, 0.25) is 0 Å². The number of hydrogen-bond acceptors (Lipinski definition) is 4. The van der Waals surface area contributed by atoms with Crippen LogP contribution in [0.4, 0.5) is 5.69 Å². The molecule has 1 heterocycles. The van der Waals surface area contributed by atoms with E-state index in [1.165, 1.54) is 6.26 Å². The van der Waals surface area contributed by atoms with Crippen LogP contribution in [0.1, 0.15) is 40.7 Å². The van der Waals surface area contributed by atoms with E-state index in [1.54, 1.807) is 36.4 Å². The summed E-state index contributed by atoms with van der Waals surface area (Å²) in [6.07, 6.45) is 3.37. The van der Waals surface area contributed by atoms with Crippen LogP contribution in [0.25, 0.3) is 0 Å². The number of nitrogens with one attached hydrogen (secondary N) is 3. The first-order valence-electron chi connectivity index (χ1n) is 7.64. The van der Waals surface area contributed by atoms with Gasteiger partial charge >= 0.3 is 0 Å². The molecule has 24 heavy (non-hydrogen) atoms. The Morgan fingerprint density at radius 2 is 2.00 bits per heavy atom. The topological polar surface area (TPSA) is 83.4 Å². The van der Waals surface area contributed by atoms with Crippen LogP contribution in [-0.2, 0) is 0 Å². The highest BCUT2D eigenvalue weighted by molar-refractivity contribution is 7.80. The molecule has 0 radical (unpaired) electrons. The van der Waals surface area contributed by atoms with Gasteiger partial charge in [-0.3, -0.25) is 14.9 Å². The van der Waals surface area contributed by atoms with Crippen molar-refractivity contribution in [2.24, 2.45) is 0 Å². The lowest BCUT2D eigenvalue weighted by atomic mass is 10.2. The summed E-state index contributed by atoms with van der Waals surface area (Å²) < 4.78 is 4.99. The van der Waals surface area contributed by atoms with Crippen LogP contribution in [0.3, 0.4) is 0 Å². The maximum Gasteiger partial charge on any atom is 0.293 e. The SMILES string of the molecule is CCCCNC(=O)c1cccc(NC(=S)NC(=O)c2ccco2)c1. The van der Waals surface area contributed by atoms with Crippen LogP contribution < -0.4 is 16.0 Å². The van der Waals surface area contributed by atoms with Crippen molar-refractivity contribution in [2.45, 2.75) is 19.8 Å². The highest BCUT2D eigenvalue weighted by Gasteiger charge is 2.11. The van der Waals surface area contributed by atoms with Crippen molar-refractivity contribution in [3.8, 4) is 0 Å². The second kappa shape index (κ2) is 8.83. The predicted octanol–water partition coefficient (Wildman–Crippen LogP) is 2.94. The van der Waals surface area contributed by atoms with E-state index in [0.717, 1.165) is 12.8 Å². The zero-order valence-electron chi connectivity index (χ0n) is 13.3. The van der Waals surface area contributed by atoms with Gasteiger partial charge in [-0.25, -0.2) is 0 Å². The van der Waals surface area contributed by atoms with Crippen molar-refractivity contribution in [1.29, 1.82) is 0 Å². The summed E-state index contributed by atoms with van der Waals surface area (Å²) in [5.74, 6) is -0.410. The van der Waals surface area contributed by atoms with Crippen LogP contribution >= 0.6 is 12.2 Å². The molecule has 0 unspecified atom stereocenters. The largest absolute Gasteiger partial charge is 0.459 e. The Hall–Kier alpha value is -2.67. The molecule has 1 aromatic carbocycles. The minimum Gasteiger partial charge on any atom is -0.459 e. The first-order chi connectivity index (χ1) is 11.6. The Morgan fingerprint density at radius 3 is 2.71 bits per heavy atom. The molecule has 0 spiro atoms. The molecule has 7 heteroatoms. The van der Waals surface area contributed by atoms with E-state index in [2.05, 4.69) is 22.9 Å². The zero-order chi connectivity index (χ0) is 17.4. The van der Waals surface area contributed by atoms with Crippen LogP contribution in [-0.4, -0.2) is 23.5 Å². The van der Waals surface area contributed by atoms with E-state index < -0.39 is 5.91 Å². The zero-order valence-corrected chi connectivity index (χ0v) is 14.1. The molecule has 1 aromatic heterocycles. The molecule has 0 aliphatic rings. The Labute approximate surface area is 145 Å². The fraction of sp³-hybridized carbons (Fsp3) is 0.235. The number of benzene rings is 1. The number of rotatable bonds is 6. The molecule has 3 N–H and O–H groups in total. The Bertz CT molecular complexity index is 714. The molecule has 2 amide bonds. The smallest absolute Gasteiger partial charge is 0.293 e. The minimum atomic E-state index is -0.439. The molecule has 0 fully saturated rings. The van der Waals surface area contributed by atoms with Gasteiger partial charge in [0.15, 0.2) is 10.9 Å². The van der Waals surface area contributed by atoms with Gasteiger partial charge in [0.25, 0.3) is 11.8 Å². The summed E-state index contributed by atoms with van der Waals surface area (Å²) in [5, 5.41) is 8.36. The van der Waals surface area contributed by atoms with Gasteiger partial charge in [-0.2, -0.15) is 0 Å². The second-order valence-corrected chi connectivity index (χ2v) is 5.48. The fourth-order valence-corrected chi connectivity index (χ4v) is 2.16. The average molecular weight is 345 g/mol. The van der Waals surface area contributed by atoms with E-state index in [9.17, 15) is 9.59 Å².